The first-order chi connectivity index (χ1) is 6.96. The minimum atomic E-state index is -0.179. The third kappa shape index (κ3) is 1.28. The lowest BCUT2D eigenvalue weighted by molar-refractivity contribution is 0.0525. The van der Waals surface area contributed by atoms with Crippen molar-refractivity contribution in [2.75, 3.05) is 0 Å². The van der Waals surface area contributed by atoms with Crippen molar-refractivity contribution >= 4 is 5.91 Å². The van der Waals surface area contributed by atoms with E-state index < -0.39 is 0 Å². The Labute approximate surface area is 90.9 Å². The van der Waals surface area contributed by atoms with Gasteiger partial charge in [-0.2, -0.15) is 0 Å². The Morgan fingerprint density at radius 1 is 1.20 bits per heavy atom. The molecular formula is C13H17NO. The second-order valence-electron chi connectivity index (χ2n) is 4.87. The van der Waals surface area contributed by atoms with Crippen LogP contribution in [0.1, 0.15) is 43.6 Å². The van der Waals surface area contributed by atoms with Crippen LogP contribution in [0.2, 0.25) is 0 Å². The summed E-state index contributed by atoms with van der Waals surface area (Å²) in [6.07, 6.45) is 0. The van der Waals surface area contributed by atoms with Gasteiger partial charge >= 0.3 is 0 Å². The molecule has 80 valence electrons. The van der Waals surface area contributed by atoms with E-state index >= 15 is 0 Å². The molecule has 0 spiro atoms. The van der Waals surface area contributed by atoms with Crippen LogP contribution >= 0.6 is 0 Å². The van der Waals surface area contributed by atoms with Crippen molar-refractivity contribution in [2.24, 2.45) is 0 Å². The SMILES string of the molecule is CC(C)N1C(=O)c2ccccc2C1(C)C. The normalized spacial score (nSPS) is 18.5. The molecule has 2 heteroatoms. The summed E-state index contributed by atoms with van der Waals surface area (Å²) < 4.78 is 0. The molecule has 1 aliphatic rings. The number of hydrogen-bond donors (Lipinski definition) is 0. The highest BCUT2D eigenvalue weighted by atomic mass is 16.2. The van der Waals surface area contributed by atoms with Gasteiger partial charge in [-0.15, -0.1) is 0 Å². The van der Waals surface area contributed by atoms with E-state index in [0.717, 1.165) is 11.1 Å². The molecule has 1 aliphatic heterocycles. The van der Waals surface area contributed by atoms with Gasteiger partial charge in [-0.25, -0.2) is 0 Å². The smallest absolute Gasteiger partial charge is 0.255 e. The van der Waals surface area contributed by atoms with Crippen LogP contribution < -0.4 is 0 Å². The first-order valence-corrected chi connectivity index (χ1v) is 5.39. The van der Waals surface area contributed by atoms with Crippen molar-refractivity contribution in [1.29, 1.82) is 0 Å². The number of rotatable bonds is 1. The van der Waals surface area contributed by atoms with Crippen LogP contribution in [0.4, 0.5) is 0 Å². The maximum Gasteiger partial charge on any atom is 0.255 e. The Kier molecular flexibility index (Phi) is 2.10. The molecule has 1 aromatic carbocycles. The fourth-order valence-electron chi connectivity index (χ4n) is 2.60. The number of benzene rings is 1. The number of carbonyl (C=O) groups excluding carboxylic acids is 1. The maximum atomic E-state index is 12.2. The molecule has 2 nitrogen and oxygen atoms in total. The second kappa shape index (κ2) is 3.09. The molecule has 1 amide bonds. The molecule has 0 unspecified atom stereocenters. The summed E-state index contributed by atoms with van der Waals surface area (Å²) in [4.78, 5) is 14.1. The number of nitrogens with zero attached hydrogens (tertiary/aromatic N) is 1. The number of amides is 1. The fourth-order valence-corrected chi connectivity index (χ4v) is 2.60. The van der Waals surface area contributed by atoms with Crippen LogP contribution in [-0.2, 0) is 5.54 Å². The Hall–Kier alpha value is -1.31. The summed E-state index contributed by atoms with van der Waals surface area (Å²) in [6, 6.07) is 8.13. The molecule has 0 atom stereocenters. The number of fused-ring (bicyclic) bond motifs is 1. The van der Waals surface area contributed by atoms with E-state index in [2.05, 4.69) is 33.8 Å². The quantitative estimate of drug-likeness (QED) is 0.687. The molecule has 0 saturated heterocycles. The van der Waals surface area contributed by atoms with Gasteiger partial charge in [0.25, 0.3) is 5.91 Å². The van der Waals surface area contributed by atoms with Crippen molar-refractivity contribution in [3.8, 4) is 0 Å². The molecule has 0 fully saturated rings. The zero-order chi connectivity index (χ0) is 11.2. The lowest BCUT2D eigenvalue weighted by Gasteiger charge is -2.35. The predicted octanol–water partition coefficient (Wildman–Crippen LogP) is 2.79. The summed E-state index contributed by atoms with van der Waals surface area (Å²) in [5, 5.41) is 0. The average molecular weight is 203 g/mol. The molecule has 1 heterocycles. The summed E-state index contributed by atoms with van der Waals surface area (Å²) >= 11 is 0. The molecule has 1 aromatic rings. The van der Waals surface area contributed by atoms with Gasteiger partial charge in [0.05, 0.1) is 5.54 Å². The average Bonchev–Trinajstić information content (AvgIpc) is 2.36. The van der Waals surface area contributed by atoms with Crippen molar-refractivity contribution in [3.05, 3.63) is 35.4 Å². The van der Waals surface area contributed by atoms with Crippen molar-refractivity contribution in [3.63, 3.8) is 0 Å². The molecule has 0 bridgehead atoms. The van der Waals surface area contributed by atoms with Crippen LogP contribution in [0.3, 0.4) is 0 Å². The Morgan fingerprint density at radius 3 is 2.33 bits per heavy atom. The maximum absolute atomic E-state index is 12.2. The van der Waals surface area contributed by atoms with Crippen molar-refractivity contribution in [2.45, 2.75) is 39.3 Å². The molecule has 0 radical (unpaired) electrons. The number of hydrogen-bond acceptors (Lipinski definition) is 1. The van der Waals surface area contributed by atoms with E-state index in [4.69, 9.17) is 0 Å². The molecule has 0 aliphatic carbocycles. The van der Waals surface area contributed by atoms with E-state index in [1.54, 1.807) is 0 Å². The van der Waals surface area contributed by atoms with Gasteiger partial charge in [0, 0.05) is 11.6 Å². The first-order valence-electron chi connectivity index (χ1n) is 5.39. The largest absolute Gasteiger partial charge is 0.327 e. The lowest BCUT2D eigenvalue weighted by Crippen LogP contribution is -2.43. The topological polar surface area (TPSA) is 20.3 Å². The van der Waals surface area contributed by atoms with E-state index in [1.807, 2.05) is 23.1 Å². The zero-order valence-corrected chi connectivity index (χ0v) is 9.74. The summed E-state index contributed by atoms with van der Waals surface area (Å²) in [5.41, 5.74) is 1.82. The Morgan fingerprint density at radius 2 is 1.80 bits per heavy atom. The Balaban J connectivity index is 2.60. The van der Waals surface area contributed by atoms with Crippen molar-refractivity contribution < 1.29 is 4.79 Å². The van der Waals surface area contributed by atoms with Gasteiger partial charge < -0.3 is 4.90 Å². The monoisotopic (exact) mass is 203 g/mol. The molecular weight excluding hydrogens is 186 g/mol. The number of carbonyl (C=O) groups is 1. The van der Waals surface area contributed by atoms with Gasteiger partial charge in [-0.3, -0.25) is 4.79 Å². The van der Waals surface area contributed by atoms with E-state index in [-0.39, 0.29) is 17.5 Å². The van der Waals surface area contributed by atoms with Crippen molar-refractivity contribution in [1.82, 2.24) is 4.90 Å². The molecule has 0 N–H and O–H groups in total. The van der Waals surface area contributed by atoms with Crippen LogP contribution in [0.5, 0.6) is 0 Å². The highest BCUT2D eigenvalue weighted by Crippen LogP contribution is 2.39. The third-order valence-electron chi connectivity index (χ3n) is 3.15. The minimum Gasteiger partial charge on any atom is -0.327 e. The Bertz CT molecular complexity index is 407. The predicted molar refractivity (Wildman–Crippen MR) is 60.8 cm³/mol. The molecule has 0 saturated carbocycles. The zero-order valence-electron chi connectivity index (χ0n) is 9.74. The third-order valence-corrected chi connectivity index (χ3v) is 3.15. The van der Waals surface area contributed by atoms with E-state index in [0.29, 0.717) is 0 Å². The molecule has 15 heavy (non-hydrogen) atoms. The van der Waals surface area contributed by atoms with Gasteiger partial charge in [-0.05, 0) is 39.3 Å². The van der Waals surface area contributed by atoms with Crippen LogP contribution in [0.25, 0.3) is 0 Å². The van der Waals surface area contributed by atoms with Crippen LogP contribution in [-0.4, -0.2) is 16.8 Å². The lowest BCUT2D eigenvalue weighted by atomic mass is 9.93. The van der Waals surface area contributed by atoms with E-state index in [1.165, 1.54) is 0 Å². The summed E-state index contributed by atoms with van der Waals surface area (Å²) in [7, 11) is 0. The minimum absolute atomic E-state index is 0.158. The standard InChI is InChI=1S/C13H17NO/c1-9(2)14-12(15)10-7-5-6-8-11(10)13(14,3)4/h5-9H,1-4H3. The summed E-state index contributed by atoms with van der Waals surface area (Å²) in [5.74, 6) is 0.158. The second-order valence-corrected chi connectivity index (χ2v) is 4.87. The van der Waals surface area contributed by atoms with Crippen LogP contribution in [0.15, 0.2) is 24.3 Å². The van der Waals surface area contributed by atoms with Gasteiger partial charge in [0.2, 0.25) is 0 Å². The van der Waals surface area contributed by atoms with Crippen LogP contribution in [0, 0.1) is 0 Å². The summed E-state index contributed by atoms with van der Waals surface area (Å²) in [6.45, 7) is 8.34. The van der Waals surface area contributed by atoms with E-state index in [9.17, 15) is 4.79 Å². The van der Waals surface area contributed by atoms with Gasteiger partial charge in [-0.1, -0.05) is 18.2 Å². The van der Waals surface area contributed by atoms with Gasteiger partial charge in [0.1, 0.15) is 0 Å². The highest BCUT2D eigenvalue weighted by molar-refractivity contribution is 6.00. The molecule has 2 rings (SSSR count). The van der Waals surface area contributed by atoms with Gasteiger partial charge in [0.15, 0.2) is 0 Å². The highest BCUT2D eigenvalue weighted by Gasteiger charge is 2.43. The fraction of sp³-hybridized carbons (Fsp3) is 0.462. The molecule has 0 aromatic heterocycles. The first kappa shape index (κ1) is 10.2.